The smallest absolute Gasteiger partial charge is 0.432 e. The summed E-state index contributed by atoms with van der Waals surface area (Å²) in [5.41, 5.74) is -3.63. The quantitative estimate of drug-likeness (QED) is 0.621. The Balaban J connectivity index is 1.90. The molecule has 2 atom stereocenters. The number of carbonyl (C=O) groups excluding carboxylic acids is 2. The van der Waals surface area contributed by atoms with Crippen LogP contribution < -0.4 is 14.5 Å². The minimum Gasteiger partial charge on any atom is -0.496 e. The van der Waals surface area contributed by atoms with Gasteiger partial charge in [-0.1, -0.05) is 24.3 Å². The number of ether oxygens (including phenoxy) is 3. The summed E-state index contributed by atoms with van der Waals surface area (Å²) >= 11 is 0. The zero-order valence-electron chi connectivity index (χ0n) is 18.3. The Labute approximate surface area is 192 Å². The van der Waals surface area contributed by atoms with Crippen LogP contribution in [0.2, 0.25) is 0 Å². The molecule has 7 nitrogen and oxygen atoms in total. The molecule has 34 heavy (non-hydrogen) atoms. The fourth-order valence-corrected chi connectivity index (χ4v) is 4.86. The van der Waals surface area contributed by atoms with E-state index in [1.54, 1.807) is 30.3 Å². The molecule has 2 aromatic rings. The molecule has 0 bridgehead atoms. The molecule has 176 valence electrons. The second-order valence-corrected chi connectivity index (χ2v) is 7.91. The van der Waals surface area contributed by atoms with Gasteiger partial charge >= 0.3 is 12.1 Å². The molecule has 2 aromatic carbocycles. The van der Waals surface area contributed by atoms with E-state index in [-0.39, 0.29) is 11.3 Å². The van der Waals surface area contributed by atoms with Gasteiger partial charge in [0, 0.05) is 18.2 Å². The number of likely N-dealkylation sites (N-methyl/N-ethyl adjacent to an activating group) is 1. The lowest BCUT2D eigenvalue weighted by Crippen LogP contribution is -2.58. The monoisotopic (exact) mass is 472 g/mol. The van der Waals surface area contributed by atoms with E-state index in [1.165, 1.54) is 43.3 Å². The molecular weight excluding hydrogens is 453 g/mol. The highest BCUT2D eigenvalue weighted by Crippen LogP contribution is 2.56. The Kier molecular flexibility index (Phi) is 4.77. The first-order valence-electron chi connectivity index (χ1n) is 10.3. The van der Waals surface area contributed by atoms with Gasteiger partial charge in [0.1, 0.15) is 17.0 Å². The molecule has 0 aromatic heterocycles. The molecule has 3 aliphatic heterocycles. The van der Waals surface area contributed by atoms with Crippen molar-refractivity contribution in [2.24, 2.45) is 0 Å². The van der Waals surface area contributed by atoms with Crippen LogP contribution in [0.15, 0.2) is 59.8 Å². The molecule has 10 heteroatoms. The number of halogens is 3. The molecule has 0 unspecified atom stereocenters. The summed E-state index contributed by atoms with van der Waals surface area (Å²) in [6.07, 6.45) is -3.40. The Morgan fingerprint density at radius 2 is 1.79 bits per heavy atom. The van der Waals surface area contributed by atoms with Crippen LogP contribution in [0.3, 0.4) is 0 Å². The van der Waals surface area contributed by atoms with Crippen molar-refractivity contribution in [1.82, 2.24) is 0 Å². The van der Waals surface area contributed by atoms with Crippen LogP contribution in [0, 0.1) is 0 Å². The molecule has 1 amide bonds. The molecule has 0 N–H and O–H groups in total. The number of methoxy groups -OCH3 is 2. The van der Waals surface area contributed by atoms with Gasteiger partial charge in [0.25, 0.3) is 5.91 Å². The number of carbonyl (C=O) groups is 2. The van der Waals surface area contributed by atoms with E-state index < -0.39 is 41.2 Å². The number of esters is 1. The molecule has 0 radical (unpaired) electrons. The van der Waals surface area contributed by atoms with Crippen LogP contribution in [0.5, 0.6) is 5.75 Å². The highest BCUT2D eigenvalue weighted by molar-refractivity contribution is 6.15. The molecule has 0 saturated heterocycles. The maximum absolute atomic E-state index is 14.8. The Morgan fingerprint density at radius 3 is 2.47 bits per heavy atom. The van der Waals surface area contributed by atoms with Crippen molar-refractivity contribution in [3.8, 4) is 5.75 Å². The lowest BCUT2D eigenvalue weighted by molar-refractivity contribution is -0.160. The van der Waals surface area contributed by atoms with E-state index in [0.717, 1.165) is 12.0 Å². The third kappa shape index (κ3) is 2.75. The van der Waals surface area contributed by atoms with Crippen LogP contribution in [-0.2, 0) is 24.7 Å². The van der Waals surface area contributed by atoms with Crippen molar-refractivity contribution < 1.29 is 37.0 Å². The third-order valence-corrected chi connectivity index (χ3v) is 6.24. The predicted octanol–water partition coefficient (Wildman–Crippen LogP) is 3.75. The normalized spacial score (nSPS) is 23.1. The number of allylic oxidation sites excluding steroid dienone is 1. The Morgan fingerprint density at radius 1 is 1.09 bits per heavy atom. The molecule has 0 aliphatic carbocycles. The van der Waals surface area contributed by atoms with Crippen molar-refractivity contribution in [3.05, 3.63) is 70.9 Å². The van der Waals surface area contributed by atoms with E-state index in [1.807, 2.05) is 0 Å². The SMILES string of the molecule is COC(=O)C1=C(C(F)(F)F)N2c3cccc(OC)c3C=C[C@H]2O[C@@]12C(=O)N(C)c1ccccc12. The second-order valence-electron chi connectivity index (χ2n) is 7.91. The van der Waals surface area contributed by atoms with Gasteiger partial charge in [0.15, 0.2) is 6.23 Å². The maximum Gasteiger partial charge on any atom is 0.432 e. The number of amides is 1. The number of hydrogen-bond acceptors (Lipinski definition) is 6. The largest absolute Gasteiger partial charge is 0.496 e. The number of benzene rings is 2. The van der Waals surface area contributed by atoms with Gasteiger partial charge in [0.2, 0.25) is 5.60 Å². The first-order chi connectivity index (χ1) is 16.2. The fraction of sp³-hybridized carbons (Fsp3) is 0.250. The average molecular weight is 472 g/mol. The third-order valence-electron chi connectivity index (χ3n) is 6.24. The lowest BCUT2D eigenvalue weighted by atomic mass is 9.82. The summed E-state index contributed by atoms with van der Waals surface area (Å²) in [7, 11) is 3.79. The number of para-hydroxylation sites is 1. The molecule has 5 rings (SSSR count). The number of anilines is 2. The molecule has 0 fully saturated rings. The van der Waals surface area contributed by atoms with Crippen LogP contribution in [0.1, 0.15) is 11.1 Å². The number of hydrogen-bond donors (Lipinski definition) is 0. The summed E-state index contributed by atoms with van der Waals surface area (Å²) < 4.78 is 60.8. The van der Waals surface area contributed by atoms with E-state index in [9.17, 15) is 22.8 Å². The van der Waals surface area contributed by atoms with Gasteiger partial charge in [0.05, 0.1) is 25.6 Å². The van der Waals surface area contributed by atoms with Gasteiger partial charge < -0.3 is 24.0 Å². The van der Waals surface area contributed by atoms with Crippen molar-refractivity contribution in [3.63, 3.8) is 0 Å². The standard InChI is InChI=1S/C24H19F3N2O5/c1-28-16-8-5-4-7-14(16)23(22(28)31)19(21(30)33-3)20(24(25,26)27)29-15-9-6-10-17(32-2)13(15)11-12-18(29)34-23/h4-12,18H,1-3H3/t18-,23-/m1/s1. The summed E-state index contributed by atoms with van der Waals surface area (Å²) in [5, 5.41) is 0. The Hall–Kier alpha value is -3.79. The van der Waals surface area contributed by atoms with Gasteiger partial charge in [-0.25, -0.2) is 4.79 Å². The van der Waals surface area contributed by atoms with Crippen LogP contribution in [0.25, 0.3) is 6.08 Å². The van der Waals surface area contributed by atoms with Gasteiger partial charge in [-0.2, -0.15) is 13.2 Å². The highest BCUT2D eigenvalue weighted by Gasteiger charge is 2.65. The average Bonchev–Trinajstić information content (AvgIpc) is 3.03. The minimum absolute atomic E-state index is 0.113. The second kappa shape index (κ2) is 7.36. The van der Waals surface area contributed by atoms with Crippen molar-refractivity contribution >= 4 is 29.3 Å². The van der Waals surface area contributed by atoms with E-state index in [4.69, 9.17) is 14.2 Å². The van der Waals surface area contributed by atoms with Crippen molar-refractivity contribution in [2.75, 3.05) is 31.1 Å². The Bertz CT molecular complexity index is 1290. The summed E-state index contributed by atoms with van der Waals surface area (Å²) in [5.74, 6) is -1.79. The zero-order valence-corrected chi connectivity index (χ0v) is 18.3. The van der Waals surface area contributed by atoms with E-state index in [2.05, 4.69) is 0 Å². The molecule has 1 spiro atoms. The molecular formula is C24H19F3N2O5. The maximum atomic E-state index is 14.8. The van der Waals surface area contributed by atoms with E-state index >= 15 is 0 Å². The molecule has 3 heterocycles. The van der Waals surface area contributed by atoms with Gasteiger partial charge in [-0.15, -0.1) is 0 Å². The fourth-order valence-electron chi connectivity index (χ4n) is 4.86. The van der Waals surface area contributed by atoms with Crippen molar-refractivity contribution in [2.45, 2.75) is 18.0 Å². The van der Waals surface area contributed by atoms with Crippen LogP contribution >= 0.6 is 0 Å². The van der Waals surface area contributed by atoms with Crippen LogP contribution in [0.4, 0.5) is 24.5 Å². The first kappa shape index (κ1) is 22.0. The lowest BCUT2D eigenvalue weighted by Gasteiger charge is -2.47. The highest BCUT2D eigenvalue weighted by atomic mass is 19.4. The van der Waals surface area contributed by atoms with Gasteiger partial charge in [-0.05, 0) is 30.4 Å². The number of nitrogens with zero attached hydrogens (tertiary/aromatic N) is 2. The summed E-state index contributed by atoms with van der Waals surface area (Å²) in [4.78, 5) is 28.7. The minimum atomic E-state index is -5.04. The summed E-state index contributed by atoms with van der Waals surface area (Å²) in [6.45, 7) is 0. The zero-order chi connectivity index (χ0) is 24.4. The predicted molar refractivity (Wildman–Crippen MR) is 116 cm³/mol. The number of rotatable bonds is 2. The molecule has 0 saturated carbocycles. The van der Waals surface area contributed by atoms with Gasteiger partial charge in [-0.3, -0.25) is 4.79 Å². The number of fused-ring (bicyclic) bond motifs is 5. The molecule has 3 aliphatic rings. The first-order valence-corrected chi connectivity index (χ1v) is 10.3. The van der Waals surface area contributed by atoms with E-state index in [0.29, 0.717) is 17.0 Å². The number of alkyl halides is 3. The summed E-state index contributed by atoms with van der Waals surface area (Å²) in [6, 6.07) is 10.9. The van der Waals surface area contributed by atoms with Crippen molar-refractivity contribution in [1.29, 1.82) is 0 Å². The van der Waals surface area contributed by atoms with Crippen LogP contribution in [-0.4, -0.2) is 45.5 Å². The topological polar surface area (TPSA) is 68.3 Å².